The van der Waals surface area contributed by atoms with Gasteiger partial charge in [0.2, 0.25) is 5.79 Å². The Labute approximate surface area is 232 Å². The summed E-state index contributed by atoms with van der Waals surface area (Å²) in [6, 6.07) is -0.893. The van der Waals surface area contributed by atoms with Gasteiger partial charge < -0.3 is 29.3 Å². The summed E-state index contributed by atoms with van der Waals surface area (Å²) in [5, 5.41) is 21.1. The second-order valence-corrected chi connectivity index (χ2v) is 11.4. The number of likely N-dealkylation sites (tertiary alicyclic amines) is 1. The van der Waals surface area contributed by atoms with Crippen LogP contribution >= 0.6 is 0 Å². The Balaban J connectivity index is 1.74. The fourth-order valence-corrected chi connectivity index (χ4v) is 6.02. The number of ketones is 1. The van der Waals surface area contributed by atoms with Crippen LogP contribution in [-0.2, 0) is 28.6 Å². The van der Waals surface area contributed by atoms with E-state index in [-0.39, 0.29) is 25.2 Å². The Kier molecular flexibility index (Phi) is 11.7. The normalized spacial score (nSPS) is 32.8. The molecular formula is C30H47NO8. The Bertz CT molecular complexity index is 903. The molecule has 0 aromatic carbocycles. The van der Waals surface area contributed by atoms with Gasteiger partial charge in [0.05, 0.1) is 18.8 Å². The lowest BCUT2D eigenvalue weighted by Gasteiger charge is -2.39. The highest BCUT2D eigenvalue weighted by molar-refractivity contribution is 6.39. The summed E-state index contributed by atoms with van der Waals surface area (Å²) in [7, 11) is 1.61. The predicted molar refractivity (Wildman–Crippen MR) is 145 cm³/mol. The number of esters is 1. The molecular weight excluding hydrogens is 502 g/mol. The van der Waals surface area contributed by atoms with Crippen LogP contribution in [0.15, 0.2) is 24.3 Å². The maximum atomic E-state index is 13.5. The summed E-state index contributed by atoms with van der Waals surface area (Å²) in [5.74, 6) is -4.93. The molecule has 1 amide bonds. The molecule has 9 heteroatoms. The van der Waals surface area contributed by atoms with Crippen LogP contribution in [0.3, 0.4) is 0 Å². The van der Waals surface area contributed by atoms with E-state index >= 15 is 0 Å². The fraction of sp³-hybridized carbons (Fsp3) is 0.767. The molecule has 0 radical (unpaired) electrons. The standard InChI is InChI=1S/C30H47NO8/c1-5-6-7-13-25(20(2)18-22-14-15-24(32)26(19-22)37-4)39-29(35)23-12-8-9-16-31(23)28(34)27(33)30(36)21(3)11-10-17-38-30/h5,18,21-26,32,36H,1,6-17,19H2,2-4H3/b20-18+/t21-,22+,23+,24-,25+,26-,30-/m1/s1. The van der Waals surface area contributed by atoms with Crippen LogP contribution < -0.4 is 0 Å². The highest BCUT2D eigenvalue weighted by Crippen LogP contribution is 2.32. The second-order valence-electron chi connectivity index (χ2n) is 11.4. The summed E-state index contributed by atoms with van der Waals surface area (Å²) in [5.41, 5.74) is 0.923. The third-order valence-electron chi connectivity index (χ3n) is 8.57. The molecule has 0 unspecified atom stereocenters. The maximum Gasteiger partial charge on any atom is 0.329 e. The number of carbonyl (C=O) groups excluding carboxylic acids is 3. The fourth-order valence-electron chi connectivity index (χ4n) is 6.02. The second kappa shape index (κ2) is 14.5. The number of unbranched alkanes of at least 4 members (excludes halogenated alkanes) is 1. The number of ether oxygens (including phenoxy) is 3. The molecule has 0 spiro atoms. The van der Waals surface area contributed by atoms with Gasteiger partial charge in [-0.1, -0.05) is 19.1 Å². The minimum atomic E-state index is -2.17. The predicted octanol–water partition coefficient (Wildman–Crippen LogP) is 3.46. The number of amides is 1. The number of hydrogen-bond acceptors (Lipinski definition) is 8. The van der Waals surface area contributed by atoms with Crippen molar-refractivity contribution >= 4 is 17.7 Å². The van der Waals surface area contributed by atoms with Gasteiger partial charge in [0.1, 0.15) is 12.1 Å². The average Bonchev–Trinajstić information content (AvgIpc) is 2.94. The molecule has 2 heterocycles. The lowest BCUT2D eigenvalue weighted by atomic mass is 9.83. The Morgan fingerprint density at radius 1 is 1.18 bits per heavy atom. The number of aliphatic hydroxyl groups excluding tert-OH is 1. The van der Waals surface area contributed by atoms with Gasteiger partial charge in [-0.3, -0.25) is 9.59 Å². The lowest BCUT2D eigenvalue weighted by Crippen LogP contribution is -2.59. The maximum absolute atomic E-state index is 13.5. The first-order valence-electron chi connectivity index (χ1n) is 14.5. The van der Waals surface area contributed by atoms with Gasteiger partial charge in [-0.25, -0.2) is 4.79 Å². The summed E-state index contributed by atoms with van der Waals surface area (Å²) < 4.78 is 16.9. The van der Waals surface area contributed by atoms with Gasteiger partial charge in [-0.15, -0.1) is 6.58 Å². The minimum Gasteiger partial charge on any atom is -0.456 e. The molecule has 220 valence electrons. The van der Waals surface area contributed by atoms with E-state index in [1.807, 2.05) is 13.0 Å². The molecule has 3 fully saturated rings. The zero-order chi connectivity index (χ0) is 28.6. The van der Waals surface area contributed by atoms with Crippen molar-refractivity contribution in [1.82, 2.24) is 4.90 Å². The van der Waals surface area contributed by atoms with Crippen LogP contribution in [0.2, 0.25) is 0 Å². The largest absolute Gasteiger partial charge is 0.456 e. The number of hydrogen-bond donors (Lipinski definition) is 2. The van der Waals surface area contributed by atoms with Crippen molar-refractivity contribution in [2.45, 2.75) is 115 Å². The summed E-state index contributed by atoms with van der Waals surface area (Å²) in [6.07, 6.45) is 10.2. The third-order valence-corrected chi connectivity index (χ3v) is 8.57. The molecule has 2 aliphatic heterocycles. The lowest BCUT2D eigenvalue weighted by molar-refractivity contribution is -0.240. The summed E-state index contributed by atoms with van der Waals surface area (Å²) >= 11 is 0. The molecule has 3 aliphatic rings. The van der Waals surface area contributed by atoms with Crippen LogP contribution in [0.4, 0.5) is 0 Å². The van der Waals surface area contributed by atoms with E-state index < -0.39 is 47.6 Å². The molecule has 0 bridgehead atoms. The van der Waals surface area contributed by atoms with Crippen molar-refractivity contribution < 1.29 is 38.8 Å². The number of nitrogens with zero attached hydrogens (tertiary/aromatic N) is 1. The van der Waals surface area contributed by atoms with Gasteiger partial charge in [-0.2, -0.15) is 0 Å². The zero-order valence-corrected chi connectivity index (χ0v) is 23.8. The third kappa shape index (κ3) is 7.78. The Morgan fingerprint density at radius 3 is 2.64 bits per heavy atom. The SMILES string of the molecule is C=CCCC[C@H](OC(=O)[C@@H]1CCCCN1C(=O)C(=O)[C@]1(O)OCCC[C@H]1C)/C(C)=C/[C@@H]1CC[C@@H](O)[C@H](OC)C1. The first-order chi connectivity index (χ1) is 18.6. The minimum absolute atomic E-state index is 0.197. The van der Waals surface area contributed by atoms with E-state index in [0.29, 0.717) is 44.9 Å². The number of allylic oxidation sites excluding steroid dienone is 2. The van der Waals surface area contributed by atoms with E-state index in [9.17, 15) is 24.6 Å². The van der Waals surface area contributed by atoms with E-state index in [1.54, 1.807) is 14.0 Å². The molecule has 2 N–H and O–H groups in total. The zero-order valence-electron chi connectivity index (χ0n) is 23.8. The number of Topliss-reactive ketones (excluding diaryl/α,β-unsaturated/α-hetero) is 1. The molecule has 9 nitrogen and oxygen atoms in total. The Morgan fingerprint density at radius 2 is 1.95 bits per heavy atom. The van der Waals surface area contributed by atoms with Crippen molar-refractivity contribution in [3.05, 3.63) is 24.3 Å². The highest BCUT2D eigenvalue weighted by atomic mass is 16.6. The average molecular weight is 550 g/mol. The van der Waals surface area contributed by atoms with Crippen molar-refractivity contribution in [1.29, 1.82) is 0 Å². The first-order valence-corrected chi connectivity index (χ1v) is 14.5. The summed E-state index contributed by atoms with van der Waals surface area (Å²) in [6.45, 7) is 7.87. The van der Waals surface area contributed by atoms with Crippen LogP contribution in [0.5, 0.6) is 0 Å². The topological polar surface area (TPSA) is 123 Å². The molecule has 0 aromatic rings. The molecule has 39 heavy (non-hydrogen) atoms. The van der Waals surface area contributed by atoms with Gasteiger partial charge in [0, 0.05) is 19.6 Å². The van der Waals surface area contributed by atoms with Crippen LogP contribution in [-0.4, -0.2) is 83.2 Å². The Hall–Kier alpha value is -2.07. The van der Waals surface area contributed by atoms with E-state index in [4.69, 9.17) is 14.2 Å². The molecule has 3 rings (SSSR count). The van der Waals surface area contributed by atoms with E-state index in [1.165, 1.54) is 4.90 Å². The van der Waals surface area contributed by atoms with Crippen LogP contribution in [0, 0.1) is 11.8 Å². The van der Waals surface area contributed by atoms with Crippen molar-refractivity contribution in [2.24, 2.45) is 11.8 Å². The molecule has 0 aromatic heterocycles. The van der Waals surface area contributed by atoms with Gasteiger partial charge in [0.15, 0.2) is 0 Å². The number of carbonyl (C=O) groups is 3. The van der Waals surface area contributed by atoms with E-state index in [0.717, 1.165) is 31.3 Å². The van der Waals surface area contributed by atoms with Gasteiger partial charge >= 0.3 is 5.97 Å². The molecule has 7 atom stereocenters. The number of rotatable bonds is 11. The molecule has 1 aliphatic carbocycles. The summed E-state index contributed by atoms with van der Waals surface area (Å²) in [4.78, 5) is 41.2. The smallest absolute Gasteiger partial charge is 0.329 e. The van der Waals surface area contributed by atoms with Gasteiger partial charge in [0.25, 0.3) is 11.7 Å². The number of piperidine rings is 1. The van der Waals surface area contributed by atoms with Gasteiger partial charge in [-0.05, 0) is 89.0 Å². The van der Waals surface area contributed by atoms with Crippen molar-refractivity contribution in [2.75, 3.05) is 20.3 Å². The van der Waals surface area contributed by atoms with Crippen molar-refractivity contribution in [3.63, 3.8) is 0 Å². The molecule has 1 saturated carbocycles. The highest BCUT2D eigenvalue weighted by Gasteiger charge is 2.50. The molecule has 2 saturated heterocycles. The quantitative estimate of drug-likeness (QED) is 0.174. The first kappa shape index (κ1) is 31.5. The monoisotopic (exact) mass is 549 g/mol. The van der Waals surface area contributed by atoms with Crippen LogP contribution in [0.25, 0.3) is 0 Å². The number of methoxy groups -OCH3 is 1. The number of aliphatic hydroxyl groups is 2. The van der Waals surface area contributed by atoms with Crippen molar-refractivity contribution in [3.8, 4) is 0 Å². The van der Waals surface area contributed by atoms with Crippen LogP contribution in [0.1, 0.15) is 84.5 Å². The van der Waals surface area contributed by atoms with E-state index in [2.05, 4.69) is 12.7 Å².